The van der Waals surface area contributed by atoms with Crippen molar-refractivity contribution in [2.24, 2.45) is 0 Å². The van der Waals surface area contributed by atoms with Crippen molar-refractivity contribution in [1.82, 2.24) is 4.90 Å². The maximum absolute atomic E-state index is 13.7. The molecule has 1 aliphatic heterocycles. The first kappa shape index (κ1) is 11.8. The maximum Gasteiger partial charge on any atom is 0.266 e. The lowest BCUT2D eigenvalue weighted by atomic mass is 10.0. The summed E-state index contributed by atoms with van der Waals surface area (Å²) >= 11 is 0. The second kappa shape index (κ2) is 7.93. The van der Waals surface area contributed by atoms with Crippen molar-refractivity contribution in [2.45, 2.75) is 45.2 Å². The molecule has 0 radical (unpaired) electrons. The van der Waals surface area contributed by atoms with Crippen LogP contribution in [0, 0.1) is 13.4 Å². The highest BCUT2D eigenvalue weighted by atomic mass is 16.5. The van der Waals surface area contributed by atoms with Crippen molar-refractivity contribution in [3.63, 3.8) is 0 Å². The van der Waals surface area contributed by atoms with Gasteiger partial charge in [0.05, 0.1) is 26.6 Å². The number of methoxy groups -OCH3 is 1. The lowest BCUT2D eigenvalue weighted by Crippen LogP contribution is -2.48. The fraction of sp³-hybridized carbons (Fsp3) is 0.391. The number of carbonyl (C=O) groups excluding carboxylic acids is 1. The zero-order valence-corrected chi connectivity index (χ0v) is 16.0. The van der Waals surface area contributed by atoms with E-state index in [-0.39, 0.29) is 30.0 Å². The van der Waals surface area contributed by atoms with Gasteiger partial charge in [0.1, 0.15) is 0 Å². The fourth-order valence-corrected chi connectivity index (χ4v) is 3.07. The molecule has 1 fully saturated rings. The lowest BCUT2D eigenvalue weighted by molar-refractivity contribution is -0.146. The molecule has 0 unspecified atom stereocenters. The standard InChI is InChI=1S/C23H26N2O3/c1-16-8-10-17(11-9-16)19-7-6-14-25(19)22(26)23(2,3)28-20-13-12-18(24-4)15-21(20)27-5/h8-13,15,19H,6-7,14H2,1-3,5H3/t19-/m0/s1/i1D3,8D,9D,10D,11D,19D. The van der Waals surface area contributed by atoms with E-state index in [0.29, 0.717) is 12.1 Å². The Hall–Kier alpha value is -3.00. The van der Waals surface area contributed by atoms with Gasteiger partial charge in [0.15, 0.2) is 22.8 Å². The molecule has 1 amide bonds. The van der Waals surface area contributed by atoms with Crippen LogP contribution in [0.5, 0.6) is 11.5 Å². The molecule has 28 heavy (non-hydrogen) atoms. The van der Waals surface area contributed by atoms with Crippen LogP contribution in [0.2, 0.25) is 0 Å². The highest BCUT2D eigenvalue weighted by Gasteiger charge is 2.40. The van der Waals surface area contributed by atoms with Gasteiger partial charge >= 0.3 is 0 Å². The second-order valence-electron chi connectivity index (χ2n) is 6.82. The van der Waals surface area contributed by atoms with Gasteiger partial charge in [-0.2, -0.15) is 0 Å². The topological polar surface area (TPSA) is 43.1 Å². The largest absolute Gasteiger partial charge is 0.494 e. The molecule has 2 aromatic carbocycles. The first-order chi connectivity index (χ1) is 16.6. The zero-order chi connectivity index (χ0) is 27.2. The summed E-state index contributed by atoms with van der Waals surface area (Å²) in [4.78, 5) is 18.2. The fourth-order valence-electron chi connectivity index (χ4n) is 3.07. The molecule has 5 heteroatoms. The molecule has 0 aromatic heterocycles. The minimum absolute atomic E-state index is 0.0294. The van der Waals surface area contributed by atoms with Gasteiger partial charge in [-0.05, 0) is 51.2 Å². The second-order valence-corrected chi connectivity index (χ2v) is 6.82. The van der Waals surface area contributed by atoms with E-state index >= 15 is 0 Å². The van der Waals surface area contributed by atoms with Crippen LogP contribution in [0.4, 0.5) is 5.69 Å². The van der Waals surface area contributed by atoms with E-state index in [2.05, 4.69) is 4.85 Å². The van der Waals surface area contributed by atoms with Gasteiger partial charge in [0, 0.05) is 10.7 Å². The summed E-state index contributed by atoms with van der Waals surface area (Å²) in [6.45, 7) is 7.34. The molecule has 146 valence electrons. The Kier molecular flexibility index (Phi) is 3.33. The number of benzene rings is 2. The van der Waals surface area contributed by atoms with E-state index in [1.165, 1.54) is 39.2 Å². The van der Waals surface area contributed by atoms with Crippen molar-refractivity contribution < 1.29 is 25.2 Å². The summed E-state index contributed by atoms with van der Waals surface area (Å²) in [5.41, 5.74) is -2.30. The van der Waals surface area contributed by atoms with Crippen LogP contribution in [0.25, 0.3) is 4.85 Å². The Morgan fingerprint density at radius 1 is 1.36 bits per heavy atom. The van der Waals surface area contributed by atoms with Crippen LogP contribution >= 0.6 is 0 Å². The third kappa shape index (κ3) is 3.96. The van der Waals surface area contributed by atoms with E-state index in [1.54, 1.807) is 0 Å². The summed E-state index contributed by atoms with van der Waals surface area (Å²) in [6, 6.07) is -0.331. The van der Waals surface area contributed by atoms with E-state index < -0.39 is 54.1 Å². The van der Waals surface area contributed by atoms with E-state index in [0.717, 1.165) is 4.90 Å². The lowest BCUT2D eigenvalue weighted by Gasteiger charge is -2.34. The Morgan fingerprint density at radius 3 is 2.75 bits per heavy atom. The molecule has 1 saturated heterocycles. The summed E-state index contributed by atoms with van der Waals surface area (Å²) < 4.78 is 76.5. The first-order valence-electron chi connectivity index (χ1n) is 12.8. The summed E-state index contributed by atoms with van der Waals surface area (Å²) in [5.74, 6) is -0.199. The third-order valence-electron chi connectivity index (χ3n) is 4.44. The highest BCUT2D eigenvalue weighted by molar-refractivity contribution is 5.85. The van der Waals surface area contributed by atoms with Crippen LogP contribution in [0.1, 0.15) is 54.8 Å². The van der Waals surface area contributed by atoms with Crippen molar-refractivity contribution in [3.05, 3.63) is 64.9 Å². The average molecular weight is 387 g/mol. The van der Waals surface area contributed by atoms with Gasteiger partial charge < -0.3 is 14.4 Å². The van der Waals surface area contributed by atoms with Crippen LogP contribution in [-0.4, -0.2) is 30.1 Å². The number of amides is 1. The van der Waals surface area contributed by atoms with Gasteiger partial charge in [-0.15, -0.1) is 0 Å². The molecule has 0 bridgehead atoms. The number of hydrogen-bond donors (Lipinski definition) is 0. The molecule has 1 heterocycles. The normalized spacial score (nSPS) is 23.7. The summed E-state index contributed by atoms with van der Waals surface area (Å²) in [5, 5.41) is 0. The Balaban J connectivity index is 2.06. The third-order valence-corrected chi connectivity index (χ3v) is 4.44. The number of likely N-dealkylation sites (tertiary alicyclic amines) is 1. The van der Waals surface area contributed by atoms with Crippen LogP contribution in [-0.2, 0) is 4.79 Å². The number of ether oxygens (including phenoxy) is 2. The minimum Gasteiger partial charge on any atom is -0.494 e. The minimum atomic E-state index is -2.88. The van der Waals surface area contributed by atoms with Gasteiger partial charge in [-0.25, -0.2) is 4.85 Å². The van der Waals surface area contributed by atoms with Gasteiger partial charge in [0.2, 0.25) is 0 Å². The van der Waals surface area contributed by atoms with Crippen LogP contribution in [0.15, 0.2) is 42.4 Å². The number of rotatable bonds is 5. The van der Waals surface area contributed by atoms with Crippen molar-refractivity contribution in [1.29, 1.82) is 0 Å². The monoisotopic (exact) mass is 386 g/mol. The molecule has 0 saturated carbocycles. The quantitative estimate of drug-likeness (QED) is 0.674. The smallest absolute Gasteiger partial charge is 0.266 e. The van der Waals surface area contributed by atoms with Crippen molar-refractivity contribution in [2.75, 3.05) is 13.7 Å². The van der Waals surface area contributed by atoms with E-state index in [9.17, 15) is 4.79 Å². The molecule has 2 aromatic rings. The molecular formula is C23H26N2O3. The molecule has 5 nitrogen and oxygen atoms in total. The summed E-state index contributed by atoms with van der Waals surface area (Å²) in [6.07, 6.45) is 0.385. The van der Waals surface area contributed by atoms with Crippen molar-refractivity contribution >= 4 is 11.6 Å². The van der Waals surface area contributed by atoms with Crippen LogP contribution < -0.4 is 9.47 Å². The number of nitrogens with zero attached hydrogens (tertiary/aromatic N) is 2. The van der Waals surface area contributed by atoms with Gasteiger partial charge in [-0.1, -0.05) is 35.8 Å². The Labute approximate surface area is 177 Å². The molecule has 0 N–H and O–H groups in total. The molecule has 1 atom stereocenters. The number of hydrogen-bond acceptors (Lipinski definition) is 3. The van der Waals surface area contributed by atoms with Crippen LogP contribution in [0.3, 0.4) is 0 Å². The molecular weight excluding hydrogens is 352 g/mol. The maximum atomic E-state index is 13.7. The highest BCUT2D eigenvalue weighted by Crippen LogP contribution is 2.37. The van der Waals surface area contributed by atoms with Gasteiger partial charge in [0.25, 0.3) is 5.91 Å². The molecule has 0 spiro atoms. The molecule has 1 aliphatic rings. The van der Waals surface area contributed by atoms with Crippen molar-refractivity contribution in [3.8, 4) is 11.5 Å². The first-order valence-corrected chi connectivity index (χ1v) is 8.78. The summed E-state index contributed by atoms with van der Waals surface area (Å²) in [7, 11) is 1.39. The zero-order valence-electron chi connectivity index (χ0n) is 24.0. The molecule has 0 aliphatic carbocycles. The SMILES string of the molecule is [2H]c1c([2H])c([C@]2([2H])CCCN2C(=O)C(C)(C)Oc2ccc([N+]#[C-])cc2OC)c([2H])c([2H])c1C([2H])([2H])[2H]. The Bertz CT molecular complexity index is 1230. The predicted molar refractivity (Wildman–Crippen MR) is 109 cm³/mol. The predicted octanol–water partition coefficient (Wildman–Crippen LogP) is 5.08. The van der Waals surface area contributed by atoms with E-state index in [1.807, 2.05) is 0 Å². The Morgan fingerprint density at radius 2 is 2.11 bits per heavy atom. The van der Waals surface area contributed by atoms with Gasteiger partial charge in [-0.3, -0.25) is 4.79 Å². The number of carbonyl (C=O) groups is 1. The van der Waals surface area contributed by atoms with E-state index in [4.69, 9.17) is 27.0 Å². The molecule has 3 rings (SSSR count). The average Bonchev–Trinajstić information content (AvgIpc) is 3.18.